The first-order valence-electron chi connectivity index (χ1n) is 6.03. The molecule has 1 saturated heterocycles. The van der Waals surface area contributed by atoms with Crippen molar-refractivity contribution in [2.45, 2.75) is 44.9 Å². The smallest absolute Gasteiger partial charge is 0.0641 e. The van der Waals surface area contributed by atoms with Gasteiger partial charge in [0.15, 0.2) is 0 Å². The first kappa shape index (κ1) is 11.7. The molecular weight excluding hydrogens is 200 g/mol. The van der Waals surface area contributed by atoms with Crippen molar-refractivity contribution in [3.8, 4) is 0 Å². The summed E-state index contributed by atoms with van der Waals surface area (Å²) in [6.45, 7) is 6.17. The molecule has 0 aliphatic carbocycles. The van der Waals surface area contributed by atoms with Crippen molar-refractivity contribution < 1.29 is 4.74 Å². The van der Waals surface area contributed by atoms with Crippen LogP contribution in [0.5, 0.6) is 0 Å². The van der Waals surface area contributed by atoms with Gasteiger partial charge in [0.1, 0.15) is 0 Å². The number of aromatic nitrogens is 1. The second-order valence-corrected chi connectivity index (χ2v) is 5.36. The van der Waals surface area contributed by atoms with Crippen LogP contribution in [0.2, 0.25) is 0 Å². The number of rotatable bonds is 3. The fraction of sp³-hybridized carbons (Fsp3) is 0.692. The molecule has 1 fully saturated rings. The fourth-order valence-electron chi connectivity index (χ4n) is 2.33. The van der Waals surface area contributed by atoms with Crippen LogP contribution < -0.4 is 5.32 Å². The summed E-state index contributed by atoms with van der Waals surface area (Å²) >= 11 is 0. The Kier molecular flexibility index (Phi) is 3.36. The van der Waals surface area contributed by atoms with Gasteiger partial charge in [-0.2, -0.15) is 0 Å². The van der Waals surface area contributed by atoms with E-state index in [1.54, 1.807) is 0 Å². The van der Waals surface area contributed by atoms with Gasteiger partial charge in [0.25, 0.3) is 0 Å². The third kappa shape index (κ3) is 3.09. The van der Waals surface area contributed by atoms with Crippen molar-refractivity contribution in [3.05, 3.63) is 24.0 Å². The van der Waals surface area contributed by atoms with Crippen molar-refractivity contribution in [1.82, 2.24) is 9.88 Å². The Bertz CT molecular complexity index is 343. The van der Waals surface area contributed by atoms with Gasteiger partial charge in [0.2, 0.25) is 0 Å². The van der Waals surface area contributed by atoms with Gasteiger partial charge in [-0.15, -0.1) is 0 Å². The quantitative estimate of drug-likeness (QED) is 0.847. The van der Waals surface area contributed by atoms with Crippen LogP contribution in [0.25, 0.3) is 0 Å². The van der Waals surface area contributed by atoms with E-state index in [0.717, 1.165) is 26.0 Å². The maximum atomic E-state index is 5.71. The molecule has 0 bridgehead atoms. The second-order valence-electron chi connectivity index (χ2n) is 5.36. The van der Waals surface area contributed by atoms with Crippen LogP contribution in [0.4, 0.5) is 0 Å². The standard InChI is InChI=1S/C13H22N2O/c1-13(2)8-12(5-7-16-13)14-9-11-4-6-15(3)10-11/h4,6,10,12,14H,5,7-9H2,1-3H3. The molecule has 0 saturated carbocycles. The first-order valence-corrected chi connectivity index (χ1v) is 6.03. The molecule has 1 unspecified atom stereocenters. The van der Waals surface area contributed by atoms with Gasteiger partial charge in [-0.1, -0.05) is 0 Å². The highest BCUT2D eigenvalue weighted by atomic mass is 16.5. The van der Waals surface area contributed by atoms with Crippen LogP contribution in [0.3, 0.4) is 0 Å². The van der Waals surface area contributed by atoms with Crippen LogP contribution >= 0.6 is 0 Å². The van der Waals surface area contributed by atoms with E-state index in [1.165, 1.54) is 5.56 Å². The van der Waals surface area contributed by atoms with Crippen LogP contribution in [0.1, 0.15) is 32.3 Å². The molecule has 1 aromatic heterocycles. The number of hydrogen-bond acceptors (Lipinski definition) is 2. The highest BCUT2D eigenvalue weighted by Crippen LogP contribution is 2.24. The zero-order chi connectivity index (χ0) is 11.6. The van der Waals surface area contributed by atoms with Crippen LogP contribution in [0, 0.1) is 0 Å². The van der Waals surface area contributed by atoms with E-state index in [2.05, 4.69) is 49.2 Å². The maximum Gasteiger partial charge on any atom is 0.0641 e. The van der Waals surface area contributed by atoms with E-state index < -0.39 is 0 Å². The molecular formula is C13H22N2O. The van der Waals surface area contributed by atoms with Crippen LogP contribution in [-0.4, -0.2) is 22.8 Å². The Morgan fingerprint density at radius 2 is 2.38 bits per heavy atom. The maximum absolute atomic E-state index is 5.71. The molecule has 16 heavy (non-hydrogen) atoms. The topological polar surface area (TPSA) is 26.2 Å². The lowest BCUT2D eigenvalue weighted by Gasteiger charge is -2.35. The van der Waals surface area contributed by atoms with Crippen molar-refractivity contribution in [2.24, 2.45) is 7.05 Å². The molecule has 0 radical (unpaired) electrons. The molecule has 0 aromatic carbocycles. The number of hydrogen-bond donors (Lipinski definition) is 1. The monoisotopic (exact) mass is 222 g/mol. The minimum atomic E-state index is 0.0343. The van der Waals surface area contributed by atoms with Gasteiger partial charge in [-0.3, -0.25) is 0 Å². The highest BCUT2D eigenvalue weighted by molar-refractivity contribution is 5.09. The predicted molar refractivity (Wildman–Crippen MR) is 65.3 cm³/mol. The molecule has 90 valence electrons. The molecule has 0 spiro atoms. The predicted octanol–water partition coefficient (Wildman–Crippen LogP) is 2.07. The zero-order valence-corrected chi connectivity index (χ0v) is 10.5. The average Bonchev–Trinajstić information content (AvgIpc) is 2.60. The van der Waals surface area contributed by atoms with E-state index >= 15 is 0 Å². The largest absolute Gasteiger partial charge is 0.375 e. The Labute approximate surface area is 97.8 Å². The molecule has 2 heterocycles. The summed E-state index contributed by atoms with van der Waals surface area (Å²) < 4.78 is 7.80. The van der Waals surface area contributed by atoms with E-state index in [9.17, 15) is 0 Å². The summed E-state index contributed by atoms with van der Waals surface area (Å²) in [4.78, 5) is 0. The van der Waals surface area contributed by atoms with E-state index in [1.807, 2.05) is 0 Å². The molecule has 1 aliphatic heterocycles. The summed E-state index contributed by atoms with van der Waals surface area (Å²) in [6.07, 6.45) is 6.47. The Morgan fingerprint density at radius 3 is 3.00 bits per heavy atom. The molecule has 0 amide bonds. The van der Waals surface area contributed by atoms with E-state index in [4.69, 9.17) is 4.74 Å². The Balaban J connectivity index is 1.82. The minimum Gasteiger partial charge on any atom is -0.375 e. The van der Waals surface area contributed by atoms with Crippen LogP contribution in [0.15, 0.2) is 18.5 Å². The van der Waals surface area contributed by atoms with Gasteiger partial charge >= 0.3 is 0 Å². The molecule has 3 heteroatoms. The van der Waals surface area contributed by atoms with Crippen molar-refractivity contribution >= 4 is 0 Å². The highest BCUT2D eigenvalue weighted by Gasteiger charge is 2.28. The second kappa shape index (κ2) is 4.60. The molecule has 3 nitrogen and oxygen atoms in total. The number of nitrogens with zero attached hydrogens (tertiary/aromatic N) is 1. The van der Waals surface area contributed by atoms with Crippen LogP contribution in [-0.2, 0) is 18.3 Å². The molecule has 1 aliphatic rings. The van der Waals surface area contributed by atoms with Gasteiger partial charge < -0.3 is 14.6 Å². The van der Waals surface area contributed by atoms with Gasteiger partial charge in [-0.25, -0.2) is 0 Å². The fourth-order valence-corrected chi connectivity index (χ4v) is 2.33. The third-order valence-electron chi connectivity index (χ3n) is 3.19. The van der Waals surface area contributed by atoms with Gasteiger partial charge in [0, 0.05) is 38.6 Å². The van der Waals surface area contributed by atoms with Gasteiger partial charge in [-0.05, 0) is 38.3 Å². The molecule has 2 rings (SSSR count). The number of aryl methyl sites for hydroxylation is 1. The Morgan fingerprint density at radius 1 is 1.56 bits per heavy atom. The summed E-state index contributed by atoms with van der Waals surface area (Å²) in [6, 6.07) is 2.75. The summed E-state index contributed by atoms with van der Waals surface area (Å²) in [5.41, 5.74) is 1.39. The zero-order valence-electron chi connectivity index (χ0n) is 10.5. The normalized spacial score (nSPS) is 24.6. The molecule has 1 aromatic rings. The Hall–Kier alpha value is -0.800. The van der Waals surface area contributed by atoms with E-state index in [-0.39, 0.29) is 5.60 Å². The lowest BCUT2D eigenvalue weighted by atomic mass is 9.94. The summed E-state index contributed by atoms with van der Waals surface area (Å²) in [5, 5.41) is 3.61. The first-order chi connectivity index (χ1) is 7.55. The van der Waals surface area contributed by atoms with Gasteiger partial charge in [0.05, 0.1) is 5.60 Å². The average molecular weight is 222 g/mol. The summed E-state index contributed by atoms with van der Waals surface area (Å²) in [5.74, 6) is 0. The third-order valence-corrected chi connectivity index (χ3v) is 3.19. The number of nitrogens with one attached hydrogen (secondary N) is 1. The SMILES string of the molecule is Cn1ccc(CNC2CCOC(C)(C)C2)c1. The molecule has 1 N–H and O–H groups in total. The minimum absolute atomic E-state index is 0.0343. The van der Waals surface area contributed by atoms with E-state index in [0.29, 0.717) is 6.04 Å². The lowest BCUT2D eigenvalue weighted by Crippen LogP contribution is -2.43. The summed E-state index contributed by atoms with van der Waals surface area (Å²) in [7, 11) is 2.06. The number of ether oxygens (including phenoxy) is 1. The van der Waals surface area contributed by atoms with Crippen molar-refractivity contribution in [3.63, 3.8) is 0 Å². The lowest BCUT2D eigenvalue weighted by molar-refractivity contribution is -0.0630. The van der Waals surface area contributed by atoms with Crippen molar-refractivity contribution in [2.75, 3.05) is 6.61 Å². The van der Waals surface area contributed by atoms with Crippen molar-refractivity contribution in [1.29, 1.82) is 0 Å². The molecule has 1 atom stereocenters.